The molecule has 0 saturated carbocycles. The highest BCUT2D eigenvalue weighted by atomic mass is 16.5. The summed E-state index contributed by atoms with van der Waals surface area (Å²) < 4.78 is 8.00. The molecule has 4 aromatic rings. The molecule has 3 aromatic heterocycles. The van der Waals surface area contributed by atoms with E-state index in [4.69, 9.17) is 20.4 Å². The molecule has 0 bridgehead atoms. The van der Waals surface area contributed by atoms with Crippen LogP contribution in [0.5, 0.6) is 0 Å². The van der Waals surface area contributed by atoms with Crippen LogP contribution in [-0.2, 0) is 4.74 Å². The smallest absolute Gasteiger partial charge is 0.211 e. The monoisotopic (exact) mass is 417 g/mol. The molecular formula is C23H27N7O. The largest absolute Gasteiger partial charge is 0.376 e. The van der Waals surface area contributed by atoms with Gasteiger partial charge < -0.3 is 15.4 Å². The van der Waals surface area contributed by atoms with Gasteiger partial charge in [-0.25, -0.2) is 9.97 Å². The van der Waals surface area contributed by atoms with E-state index in [2.05, 4.69) is 51.5 Å². The molecule has 2 atom stereocenters. The maximum absolute atomic E-state index is 6.50. The van der Waals surface area contributed by atoms with E-state index in [1.165, 1.54) is 0 Å². The van der Waals surface area contributed by atoms with Gasteiger partial charge in [0.15, 0.2) is 0 Å². The Kier molecular flexibility index (Phi) is 4.10. The SMILES string of the molecule is Cc1nc(N2CCC3(CC2)CO[C@@H](C)[C@H]3N)n2ccnc2c1-c1ccc2c[nH]nc2c1. The van der Waals surface area contributed by atoms with Gasteiger partial charge in [-0.2, -0.15) is 5.10 Å². The Balaban J connectivity index is 1.37. The molecule has 1 spiro atoms. The molecule has 2 aliphatic heterocycles. The Labute approximate surface area is 180 Å². The number of H-pyrrole nitrogens is 1. The van der Waals surface area contributed by atoms with Crippen molar-refractivity contribution in [2.24, 2.45) is 11.1 Å². The van der Waals surface area contributed by atoms with Gasteiger partial charge in [0.25, 0.3) is 0 Å². The molecule has 8 nitrogen and oxygen atoms in total. The fraction of sp³-hybridized carbons (Fsp3) is 0.435. The second-order valence-corrected chi connectivity index (χ2v) is 9.04. The molecule has 0 amide bonds. The molecule has 3 N–H and O–H groups in total. The van der Waals surface area contributed by atoms with Crippen molar-refractivity contribution >= 4 is 22.5 Å². The van der Waals surface area contributed by atoms with Gasteiger partial charge in [0.05, 0.1) is 23.9 Å². The highest BCUT2D eigenvalue weighted by Crippen LogP contribution is 2.42. The number of nitrogens with two attached hydrogens (primary N) is 1. The maximum Gasteiger partial charge on any atom is 0.211 e. The molecule has 31 heavy (non-hydrogen) atoms. The summed E-state index contributed by atoms with van der Waals surface area (Å²) in [5.74, 6) is 0.949. The van der Waals surface area contributed by atoms with Crippen molar-refractivity contribution in [1.29, 1.82) is 0 Å². The number of aryl methyl sites for hydroxylation is 1. The standard InChI is InChI=1S/C23H27N7O/c1-14-19(16-3-4-17-12-26-28-18(17)11-16)21-25-7-10-30(21)22(27-14)29-8-5-23(6-9-29)13-31-15(2)20(23)24/h3-4,7,10-12,15,20H,5-6,8-9,13,24H2,1-2H3,(H,26,28)/t15-,20+/m0/s1. The molecule has 0 unspecified atom stereocenters. The van der Waals surface area contributed by atoms with Crippen molar-refractivity contribution in [2.75, 3.05) is 24.6 Å². The number of aromatic nitrogens is 5. The van der Waals surface area contributed by atoms with Crippen LogP contribution in [0.4, 0.5) is 5.95 Å². The number of imidazole rings is 1. The Hall–Kier alpha value is -2.97. The van der Waals surface area contributed by atoms with E-state index in [0.717, 1.165) is 71.9 Å². The van der Waals surface area contributed by atoms with Gasteiger partial charge in [0.1, 0.15) is 5.65 Å². The zero-order valence-electron chi connectivity index (χ0n) is 17.9. The Morgan fingerprint density at radius 1 is 1.26 bits per heavy atom. The van der Waals surface area contributed by atoms with Crippen molar-refractivity contribution in [3.8, 4) is 11.1 Å². The minimum Gasteiger partial charge on any atom is -0.376 e. The second-order valence-electron chi connectivity index (χ2n) is 9.04. The number of ether oxygens (including phenoxy) is 1. The minimum atomic E-state index is 0.0952. The molecule has 0 aliphatic carbocycles. The third-order valence-electron chi connectivity index (χ3n) is 7.32. The molecule has 6 rings (SSSR count). The molecule has 0 radical (unpaired) electrons. The molecule has 5 heterocycles. The molecule has 2 saturated heterocycles. The number of benzene rings is 1. The summed E-state index contributed by atoms with van der Waals surface area (Å²) >= 11 is 0. The molecule has 2 fully saturated rings. The van der Waals surface area contributed by atoms with Crippen LogP contribution in [0, 0.1) is 12.3 Å². The number of anilines is 1. The first-order valence-corrected chi connectivity index (χ1v) is 11.0. The number of fused-ring (bicyclic) bond motifs is 2. The zero-order chi connectivity index (χ0) is 21.2. The van der Waals surface area contributed by atoms with Crippen molar-refractivity contribution < 1.29 is 4.74 Å². The van der Waals surface area contributed by atoms with Crippen LogP contribution in [0.1, 0.15) is 25.5 Å². The van der Waals surface area contributed by atoms with E-state index in [0.29, 0.717) is 0 Å². The predicted octanol–water partition coefficient (Wildman–Crippen LogP) is 2.91. The van der Waals surface area contributed by atoms with E-state index in [1.807, 2.05) is 18.6 Å². The first-order valence-electron chi connectivity index (χ1n) is 11.0. The second kappa shape index (κ2) is 6.77. The molecular weight excluding hydrogens is 390 g/mol. The van der Waals surface area contributed by atoms with Gasteiger partial charge in [-0.05, 0) is 38.3 Å². The van der Waals surface area contributed by atoms with Gasteiger partial charge in [-0.15, -0.1) is 0 Å². The van der Waals surface area contributed by atoms with Gasteiger partial charge in [-0.1, -0.05) is 12.1 Å². The fourth-order valence-corrected chi connectivity index (χ4v) is 5.35. The van der Waals surface area contributed by atoms with Crippen LogP contribution in [0.25, 0.3) is 27.7 Å². The third kappa shape index (κ3) is 2.78. The Bertz CT molecular complexity index is 1270. The quantitative estimate of drug-likeness (QED) is 0.521. The number of rotatable bonds is 2. The van der Waals surface area contributed by atoms with Crippen molar-refractivity contribution in [2.45, 2.75) is 38.8 Å². The lowest BCUT2D eigenvalue weighted by molar-refractivity contribution is 0.0973. The normalized spacial score (nSPS) is 23.4. The number of aromatic amines is 1. The number of nitrogens with zero attached hydrogens (tertiary/aromatic N) is 5. The summed E-state index contributed by atoms with van der Waals surface area (Å²) in [6.07, 6.45) is 7.94. The summed E-state index contributed by atoms with van der Waals surface area (Å²) in [6.45, 7) is 6.76. The van der Waals surface area contributed by atoms with Crippen LogP contribution < -0.4 is 10.6 Å². The van der Waals surface area contributed by atoms with Crippen LogP contribution >= 0.6 is 0 Å². The van der Waals surface area contributed by atoms with E-state index in [-0.39, 0.29) is 17.6 Å². The van der Waals surface area contributed by atoms with Crippen LogP contribution in [0.2, 0.25) is 0 Å². The van der Waals surface area contributed by atoms with Gasteiger partial charge in [-0.3, -0.25) is 9.50 Å². The molecule has 2 aliphatic rings. The summed E-state index contributed by atoms with van der Waals surface area (Å²) in [5.41, 5.74) is 11.6. The summed E-state index contributed by atoms with van der Waals surface area (Å²) in [4.78, 5) is 12.1. The maximum atomic E-state index is 6.50. The van der Waals surface area contributed by atoms with E-state index in [1.54, 1.807) is 0 Å². The Morgan fingerprint density at radius 3 is 2.87 bits per heavy atom. The van der Waals surface area contributed by atoms with E-state index < -0.39 is 0 Å². The lowest BCUT2D eigenvalue weighted by atomic mass is 9.73. The number of nitrogens with one attached hydrogen (secondary N) is 1. The predicted molar refractivity (Wildman–Crippen MR) is 120 cm³/mol. The van der Waals surface area contributed by atoms with Gasteiger partial charge >= 0.3 is 0 Å². The summed E-state index contributed by atoms with van der Waals surface area (Å²) in [6, 6.07) is 6.40. The molecule has 160 valence electrons. The zero-order valence-corrected chi connectivity index (χ0v) is 17.9. The van der Waals surface area contributed by atoms with Gasteiger partial charge in [0, 0.05) is 54.1 Å². The fourth-order valence-electron chi connectivity index (χ4n) is 5.35. The minimum absolute atomic E-state index is 0.0952. The third-order valence-corrected chi connectivity index (χ3v) is 7.32. The lowest BCUT2D eigenvalue weighted by Gasteiger charge is -2.41. The van der Waals surface area contributed by atoms with Gasteiger partial charge in [0.2, 0.25) is 5.95 Å². The van der Waals surface area contributed by atoms with Crippen molar-refractivity contribution in [1.82, 2.24) is 24.6 Å². The lowest BCUT2D eigenvalue weighted by Crippen LogP contribution is -2.51. The van der Waals surface area contributed by atoms with Crippen LogP contribution in [0.15, 0.2) is 36.8 Å². The first-order chi connectivity index (χ1) is 15.1. The highest BCUT2D eigenvalue weighted by Gasteiger charge is 2.47. The number of hydrogen-bond acceptors (Lipinski definition) is 6. The topological polar surface area (TPSA) is 97.4 Å². The summed E-state index contributed by atoms with van der Waals surface area (Å²) in [7, 11) is 0. The summed E-state index contributed by atoms with van der Waals surface area (Å²) in [5, 5.41) is 8.36. The average molecular weight is 418 g/mol. The van der Waals surface area contributed by atoms with E-state index >= 15 is 0 Å². The molecule has 1 aromatic carbocycles. The van der Waals surface area contributed by atoms with Crippen molar-refractivity contribution in [3.05, 3.63) is 42.5 Å². The van der Waals surface area contributed by atoms with E-state index in [9.17, 15) is 0 Å². The van der Waals surface area contributed by atoms with Crippen LogP contribution in [-0.4, -0.2) is 56.4 Å². The average Bonchev–Trinajstić information content (AvgIpc) is 3.50. The number of piperidine rings is 1. The van der Waals surface area contributed by atoms with Crippen molar-refractivity contribution in [3.63, 3.8) is 0 Å². The first kappa shape index (κ1) is 18.8. The Morgan fingerprint density at radius 2 is 2.10 bits per heavy atom. The molecule has 8 heteroatoms. The number of hydrogen-bond donors (Lipinski definition) is 2. The highest BCUT2D eigenvalue weighted by molar-refractivity contribution is 5.88. The van der Waals surface area contributed by atoms with Crippen LogP contribution in [0.3, 0.4) is 0 Å².